The van der Waals surface area contributed by atoms with Crippen molar-refractivity contribution < 1.29 is 22.5 Å². The van der Waals surface area contributed by atoms with E-state index in [9.17, 15) is 17.7 Å². The third-order valence-electron chi connectivity index (χ3n) is 3.69. The molecule has 0 aliphatic carbocycles. The van der Waals surface area contributed by atoms with Gasteiger partial charge in [0.15, 0.2) is 7.14 Å². The molecule has 0 bridgehead atoms. The highest BCUT2D eigenvalue weighted by atomic mass is 79.9. The molecular weight excluding hydrogens is 428 g/mol. The monoisotopic (exact) mass is 440 g/mol. The van der Waals surface area contributed by atoms with Gasteiger partial charge in [-0.05, 0) is 18.2 Å². The van der Waals surface area contributed by atoms with E-state index in [4.69, 9.17) is 0 Å². The molecule has 0 N–H and O–H groups in total. The van der Waals surface area contributed by atoms with E-state index < -0.39 is 19.3 Å². The minimum absolute atomic E-state index is 0.253. The minimum atomic E-state index is -4.83. The second-order valence-electron chi connectivity index (χ2n) is 5.47. The van der Waals surface area contributed by atoms with Crippen LogP contribution in [0.4, 0.5) is 13.2 Å². The fourth-order valence-corrected chi connectivity index (χ4v) is 6.00. The molecule has 0 fully saturated rings. The van der Waals surface area contributed by atoms with Crippen molar-refractivity contribution in [2.45, 2.75) is 6.36 Å². The summed E-state index contributed by atoms with van der Waals surface area (Å²) in [7, 11) is -3.37. The summed E-state index contributed by atoms with van der Waals surface area (Å²) >= 11 is 3.19. The van der Waals surface area contributed by atoms with E-state index in [-0.39, 0.29) is 5.30 Å². The molecule has 0 radical (unpaired) electrons. The van der Waals surface area contributed by atoms with E-state index in [1.165, 1.54) is 12.1 Å². The van der Waals surface area contributed by atoms with Crippen LogP contribution in [0.2, 0.25) is 0 Å². The van der Waals surface area contributed by atoms with Crippen molar-refractivity contribution in [1.82, 2.24) is 0 Å². The smallest absolute Gasteiger partial charge is 0.406 e. The highest BCUT2D eigenvalue weighted by molar-refractivity contribution is 9.10. The fourth-order valence-electron chi connectivity index (χ4n) is 2.65. The van der Waals surface area contributed by atoms with Gasteiger partial charge in [-0.2, -0.15) is 0 Å². The van der Waals surface area contributed by atoms with Gasteiger partial charge in [-0.3, -0.25) is 0 Å². The largest absolute Gasteiger partial charge is 0.573 e. The molecule has 0 spiro atoms. The van der Waals surface area contributed by atoms with Crippen molar-refractivity contribution >= 4 is 39.0 Å². The molecule has 0 saturated carbocycles. The first-order valence-corrected chi connectivity index (χ1v) is 10.1. The quantitative estimate of drug-likeness (QED) is 0.534. The van der Waals surface area contributed by atoms with Crippen LogP contribution in [-0.2, 0) is 4.57 Å². The molecule has 3 aromatic carbocycles. The zero-order valence-corrected chi connectivity index (χ0v) is 15.8. The average molecular weight is 441 g/mol. The van der Waals surface area contributed by atoms with E-state index in [1.54, 1.807) is 66.7 Å². The van der Waals surface area contributed by atoms with Crippen LogP contribution in [0.25, 0.3) is 0 Å². The molecule has 26 heavy (non-hydrogen) atoms. The van der Waals surface area contributed by atoms with Crippen LogP contribution in [0.1, 0.15) is 0 Å². The van der Waals surface area contributed by atoms with E-state index in [0.29, 0.717) is 15.1 Å². The number of hydrogen-bond donors (Lipinski definition) is 0. The van der Waals surface area contributed by atoms with Gasteiger partial charge >= 0.3 is 6.36 Å². The van der Waals surface area contributed by atoms with Gasteiger partial charge in [-0.15, -0.1) is 13.2 Å². The van der Waals surface area contributed by atoms with Crippen LogP contribution in [0, 0.1) is 0 Å². The van der Waals surface area contributed by atoms with Crippen LogP contribution in [0.5, 0.6) is 5.75 Å². The molecule has 0 atom stereocenters. The van der Waals surface area contributed by atoms with Gasteiger partial charge in [0, 0.05) is 20.4 Å². The van der Waals surface area contributed by atoms with Crippen LogP contribution < -0.4 is 20.7 Å². The molecular formula is C19H13BrF3O2P. The Hall–Kier alpha value is -2.04. The van der Waals surface area contributed by atoms with Gasteiger partial charge in [0.05, 0.1) is 0 Å². The van der Waals surface area contributed by atoms with Crippen LogP contribution in [-0.4, -0.2) is 6.36 Å². The number of halogens is 4. The maximum Gasteiger partial charge on any atom is 0.573 e. The lowest BCUT2D eigenvalue weighted by atomic mass is 10.3. The van der Waals surface area contributed by atoms with Crippen molar-refractivity contribution in [3.8, 4) is 5.75 Å². The van der Waals surface area contributed by atoms with Gasteiger partial charge < -0.3 is 9.30 Å². The summed E-state index contributed by atoms with van der Waals surface area (Å²) in [6.45, 7) is 0. The summed E-state index contributed by atoms with van der Waals surface area (Å²) in [5.41, 5.74) is 0. The molecule has 0 amide bonds. The predicted octanol–water partition coefficient (Wildman–Crippen LogP) is 4.99. The predicted molar refractivity (Wildman–Crippen MR) is 100 cm³/mol. The lowest BCUT2D eigenvalue weighted by Gasteiger charge is -2.21. The first kappa shape index (κ1) is 18.7. The lowest BCUT2D eigenvalue weighted by molar-refractivity contribution is -0.274. The van der Waals surface area contributed by atoms with Gasteiger partial charge in [0.2, 0.25) is 0 Å². The summed E-state index contributed by atoms with van der Waals surface area (Å²) in [6, 6.07) is 21.3. The normalized spacial score (nSPS) is 12.0. The fraction of sp³-hybridized carbons (Fsp3) is 0.0526. The molecule has 0 heterocycles. The van der Waals surface area contributed by atoms with E-state index in [0.717, 1.165) is 0 Å². The van der Waals surface area contributed by atoms with Gasteiger partial charge in [0.1, 0.15) is 5.75 Å². The second kappa shape index (κ2) is 7.29. The zero-order chi connectivity index (χ0) is 18.8. The summed E-state index contributed by atoms with van der Waals surface area (Å²) in [6.07, 6.45) is -4.83. The Balaban J connectivity index is 2.23. The molecule has 0 aromatic heterocycles. The standard InChI is InChI=1S/C19H13BrF3O2P/c20-14-11-15(25-19(21,22)23)13-18(12-14)26(24,16-7-3-1-4-8-16)17-9-5-2-6-10-17/h1-13H. The molecule has 3 aromatic rings. The number of ether oxygens (including phenoxy) is 1. The minimum Gasteiger partial charge on any atom is -0.406 e. The highest BCUT2D eigenvalue weighted by Gasteiger charge is 2.34. The molecule has 2 nitrogen and oxygen atoms in total. The number of rotatable bonds is 4. The molecule has 0 aliphatic rings. The molecule has 7 heteroatoms. The first-order chi connectivity index (χ1) is 12.3. The summed E-state index contributed by atoms with van der Waals surface area (Å²) < 4.78 is 56.4. The maximum atomic E-state index is 14.1. The first-order valence-electron chi connectivity index (χ1n) is 7.57. The van der Waals surface area contributed by atoms with E-state index in [2.05, 4.69) is 20.7 Å². The Morgan fingerprint density at radius 1 is 0.769 bits per heavy atom. The molecule has 0 unspecified atom stereocenters. The van der Waals surface area contributed by atoms with Crippen molar-refractivity contribution in [3.63, 3.8) is 0 Å². The SMILES string of the molecule is O=P(c1ccccc1)(c1ccccc1)c1cc(Br)cc(OC(F)(F)F)c1. The van der Waals surface area contributed by atoms with Crippen molar-refractivity contribution in [1.29, 1.82) is 0 Å². The number of hydrogen-bond acceptors (Lipinski definition) is 2. The third-order valence-corrected chi connectivity index (χ3v) is 7.19. The van der Waals surface area contributed by atoms with Gasteiger partial charge in [-0.25, -0.2) is 0 Å². The van der Waals surface area contributed by atoms with Crippen molar-refractivity contribution in [2.24, 2.45) is 0 Å². The molecule has 0 aliphatic heterocycles. The van der Waals surface area contributed by atoms with E-state index >= 15 is 0 Å². The summed E-state index contributed by atoms with van der Waals surface area (Å²) in [4.78, 5) is 0. The summed E-state index contributed by atoms with van der Waals surface area (Å²) in [5.74, 6) is -0.422. The van der Waals surface area contributed by atoms with Crippen molar-refractivity contribution in [2.75, 3.05) is 0 Å². The molecule has 0 saturated heterocycles. The van der Waals surface area contributed by atoms with Gasteiger partial charge in [0.25, 0.3) is 0 Å². The Morgan fingerprint density at radius 3 is 1.73 bits per heavy atom. The molecule has 134 valence electrons. The Bertz CT molecular complexity index is 901. The number of benzene rings is 3. The topological polar surface area (TPSA) is 26.3 Å². The molecule has 3 rings (SSSR count). The Morgan fingerprint density at radius 2 is 1.27 bits per heavy atom. The zero-order valence-electron chi connectivity index (χ0n) is 13.3. The highest BCUT2D eigenvalue weighted by Crippen LogP contribution is 2.44. The summed E-state index contributed by atoms with van der Waals surface area (Å²) in [5, 5.41) is 1.31. The van der Waals surface area contributed by atoms with Gasteiger partial charge in [-0.1, -0.05) is 76.6 Å². The Kier molecular flexibility index (Phi) is 5.26. The number of alkyl halides is 3. The lowest BCUT2D eigenvalue weighted by Crippen LogP contribution is -2.26. The van der Waals surface area contributed by atoms with Crippen molar-refractivity contribution in [3.05, 3.63) is 83.3 Å². The van der Waals surface area contributed by atoms with E-state index in [1.807, 2.05) is 0 Å². The average Bonchev–Trinajstić information content (AvgIpc) is 2.60. The Labute approximate surface area is 157 Å². The maximum absolute atomic E-state index is 14.1. The van der Waals surface area contributed by atoms with Crippen LogP contribution in [0.3, 0.4) is 0 Å². The van der Waals surface area contributed by atoms with Crippen LogP contribution in [0.15, 0.2) is 83.3 Å². The third kappa shape index (κ3) is 4.02. The van der Waals surface area contributed by atoms with Crippen LogP contribution >= 0.6 is 23.1 Å². The second-order valence-corrected chi connectivity index (χ2v) is 9.16.